The molecular formula is C27H27FN4O4. The van der Waals surface area contributed by atoms with E-state index in [1.807, 2.05) is 0 Å². The van der Waals surface area contributed by atoms with E-state index in [1.54, 1.807) is 37.4 Å². The first-order valence-electron chi connectivity index (χ1n) is 11.6. The molecule has 36 heavy (non-hydrogen) atoms. The number of carbonyl (C=O) groups is 2. The number of nitrogens with two attached hydrogens (primary N) is 1. The standard InChI is InChI=1S/C27H27FN4O4/c1-32-23-14-19(9-12-27(35)10-2-11-27)5-8-24(23)36-17-22(25(32)33)31-26(34)30-16-20(15-29)13-18-3-6-21(28)7-4-18/h3-8,14-16,22,35H,2,10-11,13,17,29H2,1H3,(H,31,34)/b20-15-,30-16+/t22-/m0/s1. The second kappa shape index (κ2) is 10.6. The summed E-state index contributed by atoms with van der Waals surface area (Å²) in [6.07, 6.45) is 5.25. The Bertz CT molecular complexity index is 1270. The first-order valence-corrected chi connectivity index (χ1v) is 11.6. The molecule has 9 heteroatoms. The summed E-state index contributed by atoms with van der Waals surface area (Å²) in [4.78, 5) is 30.7. The number of likely N-dealkylation sites (N-methyl/N-ethyl adjacent to an activating group) is 1. The van der Waals surface area contributed by atoms with Crippen molar-refractivity contribution in [1.82, 2.24) is 5.32 Å². The Balaban J connectivity index is 1.40. The molecule has 2 aromatic rings. The molecule has 0 aromatic heterocycles. The minimum absolute atomic E-state index is 0.0720. The molecule has 4 rings (SSSR count). The summed E-state index contributed by atoms with van der Waals surface area (Å²) in [5, 5.41) is 12.8. The highest BCUT2D eigenvalue weighted by molar-refractivity contribution is 6.01. The number of aliphatic hydroxyl groups is 1. The molecule has 1 aliphatic carbocycles. The van der Waals surface area contributed by atoms with Gasteiger partial charge < -0.3 is 25.8 Å². The summed E-state index contributed by atoms with van der Waals surface area (Å²) in [5.41, 5.74) is 7.21. The number of nitrogens with one attached hydrogen (secondary N) is 1. The maximum atomic E-state index is 13.1. The highest BCUT2D eigenvalue weighted by Crippen LogP contribution is 2.33. The number of carbonyl (C=O) groups excluding carboxylic acids is 2. The Hall–Kier alpha value is -4.16. The topological polar surface area (TPSA) is 117 Å². The van der Waals surface area contributed by atoms with Crippen molar-refractivity contribution in [3.05, 3.63) is 71.2 Å². The van der Waals surface area contributed by atoms with Gasteiger partial charge in [-0.25, -0.2) is 14.2 Å². The number of anilines is 1. The SMILES string of the molecule is CN1C(=O)[C@@H](NC(=O)/N=C/C(=C\N)Cc2ccc(F)cc2)COc2ccc(C#CC3(O)CCC3)cc21. The molecule has 1 heterocycles. The molecule has 0 saturated heterocycles. The average molecular weight is 491 g/mol. The van der Waals surface area contributed by atoms with Crippen molar-refractivity contribution >= 4 is 23.8 Å². The third kappa shape index (κ3) is 5.90. The molecule has 2 aliphatic rings. The van der Waals surface area contributed by atoms with Crippen LogP contribution in [0.25, 0.3) is 0 Å². The molecule has 0 spiro atoms. The highest BCUT2D eigenvalue weighted by atomic mass is 19.1. The third-order valence-electron chi connectivity index (χ3n) is 6.16. The number of urea groups is 1. The van der Waals surface area contributed by atoms with Crippen LogP contribution in [-0.2, 0) is 11.2 Å². The van der Waals surface area contributed by atoms with E-state index in [4.69, 9.17) is 10.5 Å². The number of hydrogen-bond acceptors (Lipinski definition) is 5. The largest absolute Gasteiger partial charge is 0.489 e. The van der Waals surface area contributed by atoms with Gasteiger partial charge in [-0.3, -0.25) is 4.79 Å². The lowest BCUT2D eigenvalue weighted by Crippen LogP contribution is -2.48. The molecule has 0 radical (unpaired) electrons. The number of amides is 3. The van der Waals surface area contributed by atoms with Crippen molar-refractivity contribution in [1.29, 1.82) is 0 Å². The molecule has 186 valence electrons. The summed E-state index contributed by atoms with van der Waals surface area (Å²) in [6.45, 7) is -0.0720. The molecule has 1 fully saturated rings. The van der Waals surface area contributed by atoms with Crippen LogP contribution in [0.3, 0.4) is 0 Å². The van der Waals surface area contributed by atoms with E-state index >= 15 is 0 Å². The van der Waals surface area contributed by atoms with Crippen molar-refractivity contribution < 1.29 is 23.8 Å². The number of fused-ring (bicyclic) bond motifs is 1. The minimum Gasteiger partial charge on any atom is -0.489 e. The van der Waals surface area contributed by atoms with E-state index in [2.05, 4.69) is 22.2 Å². The number of allylic oxidation sites excluding steroid dienone is 1. The Morgan fingerprint density at radius 2 is 2.08 bits per heavy atom. The quantitative estimate of drug-likeness (QED) is 0.450. The van der Waals surface area contributed by atoms with Gasteiger partial charge in [-0.05, 0) is 66.9 Å². The van der Waals surface area contributed by atoms with Gasteiger partial charge in [0.2, 0.25) is 0 Å². The molecular weight excluding hydrogens is 463 g/mol. The lowest BCUT2D eigenvalue weighted by Gasteiger charge is -2.30. The van der Waals surface area contributed by atoms with Gasteiger partial charge in [-0.1, -0.05) is 24.0 Å². The monoisotopic (exact) mass is 490 g/mol. The second-order valence-corrected chi connectivity index (χ2v) is 8.83. The third-order valence-corrected chi connectivity index (χ3v) is 6.16. The van der Waals surface area contributed by atoms with Gasteiger partial charge in [-0.2, -0.15) is 0 Å². The number of halogens is 1. The Kier molecular flexibility index (Phi) is 7.36. The van der Waals surface area contributed by atoms with Crippen molar-refractivity contribution in [2.45, 2.75) is 37.3 Å². The zero-order valence-corrected chi connectivity index (χ0v) is 19.8. The van der Waals surface area contributed by atoms with Gasteiger partial charge in [0, 0.05) is 25.2 Å². The number of ether oxygens (including phenoxy) is 1. The van der Waals surface area contributed by atoms with Gasteiger partial charge in [0.05, 0.1) is 5.69 Å². The van der Waals surface area contributed by atoms with Gasteiger partial charge in [0.15, 0.2) is 0 Å². The first-order chi connectivity index (χ1) is 17.3. The summed E-state index contributed by atoms with van der Waals surface area (Å²) < 4.78 is 18.9. The van der Waals surface area contributed by atoms with E-state index in [9.17, 15) is 19.1 Å². The van der Waals surface area contributed by atoms with Crippen molar-refractivity contribution in [3.63, 3.8) is 0 Å². The van der Waals surface area contributed by atoms with Crippen LogP contribution in [0.1, 0.15) is 30.4 Å². The van der Waals surface area contributed by atoms with Crippen LogP contribution in [0.15, 0.2) is 59.2 Å². The predicted octanol–water partition coefficient (Wildman–Crippen LogP) is 2.68. The molecule has 1 aliphatic heterocycles. The van der Waals surface area contributed by atoms with E-state index < -0.39 is 17.7 Å². The van der Waals surface area contributed by atoms with Crippen LogP contribution in [-0.4, -0.2) is 48.6 Å². The van der Waals surface area contributed by atoms with Crippen LogP contribution in [0.4, 0.5) is 14.9 Å². The lowest BCUT2D eigenvalue weighted by atomic mass is 9.81. The van der Waals surface area contributed by atoms with Gasteiger partial charge in [0.25, 0.3) is 5.91 Å². The zero-order chi connectivity index (χ0) is 25.7. The van der Waals surface area contributed by atoms with E-state index in [0.717, 1.165) is 12.0 Å². The lowest BCUT2D eigenvalue weighted by molar-refractivity contribution is -0.120. The Morgan fingerprint density at radius 3 is 2.75 bits per heavy atom. The van der Waals surface area contributed by atoms with E-state index in [1.165, 1.54) is 29.4 Å². The Morgan fingerprint density at radius 1 is 1.33 bits per heavy atom. The van der Waals surface area contributed by atoms with E-state index in [-0.39, 0.29) is 18.3 Å². The normalized spacial score (nSPS) is 18.9. The van der Waals surface area contributed by atoms with E-state index in [0.29, 0.717) is 41.8 Å². The fourth-order valence-corrected chi connectivity index (χ4v) is 3.82. The maximum absolute atomic E-state index is 13.1. The molecule has 1 atom stereocenters. The van der Waals surface area contributed by atoms with Crippen LogP contribution in [0.5, 0.6) is 5.75 Å². The predicted molar refractivity (Wildman–Crippen MR) is 134 cm³/mol. The fourth-order valence-electron chi connectivity index (χ4n) is 3.82. The van der Waals surface area contributed by atoms with Gasteiger partial charge in [-0.15, -0.1) is 0 Å². The van der Waals surface area contributed by atoms with Crippen molar-refractivity contribution in [2.75, 3.05) is 18.6 Å². The minimum atomic E-state index is -0.959. The molecule has 0 unspecified atom stereocenters. The summed E-state index contributed by atoms with van der Waals surface area (Å²) in [5.74, 6) is 5.63. The maximum Gasteiger partial charge on any atom is 0.341 e. The summed E-state index contributed by atoms with van der Waals surface area (Å²) >= 11 is 0. The van der Waals surface area contributed by atoms with Crippen molar-refractivity contribution in [2.24, 2.45) is 10.7 Å². The number of benzene rings is 2. The average Bonchev–Trinajstić information content (AvgIpc) is 2.97. The van der Waals surface area contributed by atoms with Crippen LogP contribution < -0.4 is 20.7 Å². The number of aliphatic imine (C=N–C) groups is 1. The number of rotatable bonds is 4. The first kappa shape index (κ1) is 24.9. The Labute approximate surface area is 208 Å². The molecule has 3 amide bonds. The molecule has 8 nitrogen and oxygen atoms in total. The molecule has 4 N–H and O–H groups in total. The van der Waals surface area contributed by atoms with Crippen LogP contribution in [0, 0.1) is 17.7 Å². The highest BCUT2D eigenvalue weighted by Gasteiger charge is 2.32. The number of nitrogens with zero attached hydrogens (tertiary/aromatic N) is 2. The van der Waals surface area contributed by atoms with Gasteiger partial charge in [0.1, 0.15) is 29.8 Å². The summed E-state index contributed by atoms with van der Waals surface area (Å²) in [6, 6.07) is 9.43. The molecule has 0 bridgehead atoms. The summed E-state index contributed by atoms with van der Waals surface area (Å²) in [7, 11) is 1.59. The number of hydrogen-bond donors (Lipinski definition) is 3. The fraction of sp³-hybridized carbons (Fsp3) is 0.296. The van der Waals surface area contributed by atoms with Crippen molar-refractivity contribution in [3.8, 4) is 17.6 Å². The van der Waals surface area contributed by atoms with Gasteiger partial charge >= 0.3 is 6.03 Å². The smallest absolute Gasteiger partial charge is 0.341 e. The second-order valence-electron chi connectivity index (χ2n) is 8.83. The van der Waals surface area contributed by atoms with Crippen LogP contribution >= 0.6 is 0 Å². The molecule has 1 saturated carbocycles. The van der Waals surface area contributed by atoms with Crippen LogP contribution in [0.2, 0.25) is 0 Å². The molecule has 2 aromatic carbocycles. The zero-order valence-electron chi connectivity index (χ0n) is 19.8.